The number of amides is 2. The standard InChI is InChI=1S/C32H41N3O7S/c1-22-9-16-27(17-10-22)43(38,39)35(25-13-18-28(41-7)29(19-25)42-8)21-30(36)34(23(2)31(37)33-32(3,4)5)20-24-11-14-26(40-6)15-12-24/h9-19,23H,20-21H2,1-8H3,(H,33,37)/t23-/m0/s1. The van der Waals surface area contributed by atoms with E-state index in [2.05, 4.69) is 5.32 Å². The van der Waals surface area contributed by atoms with Gasteiger partial charge in [-0.3, -0.25) is 13.9 Å². The molecule has 1 N–H and O–H groups in total. The van der Waals surface area contributed by atoms with Crippen LogP contribution in [0.2, 0.25) is 0 Å². The summed E-state index contributed by atoms with van der Waals surface area (Å²) in [5, 5.41) is 2.92. The van der Waals surface area contributed by atoms with Crippen LogP contribution in [0.5, 0.6) is 17.2 Å². The minimum absolute atomic E-state index is 0.0147. The largest absolute Gasteiger partial charge is 0.497 e. The van der Waals surface area contributed by atoms with Crippen molar-refractivity contribution in [2.75, 3.05) is 32.2 Å². The van der Waals surface area contributed by atoms with E-state index in [4.69, 9.17) is 14.2 Å². The number of ether oxygens (including phenoxy) is 3. The molecule has 0 unspecified atom stereocenters. The fourth-order valence-corrected chi connectivity index (χ4v) is 5.74. The average Bonchev–Trinajstić information content (AvgIpc) is 2.97. The molecule has 0 fully saturated rings. The first kappa shape index (κ1) is 33.3. The predicted molar refractivity (Wildman–Crippen MR) is 166 cm³/mol. The van der Waals surface area contributed by atoms with Crippen LogP contribution in [-0.4, -0.2) is 64.6 Å². The van der Waals surface area contributed by atoms with Crippen LogP contribution in [0.15, 0.2) is 71.6 Å². The Morgan fingerprint density at radius 2 is 1.47 bits per heavy atom. The summed E-state index contributed by atoms with van der Waals surface area (Å²) in [6, 6.07) is 17.2. The Balaban J connectivity index is 2.09. The number of carbonyl (C=O) groups excluding carboxylic acids is 2. The van der Waals surface area contributed by atoms with Gasteiger partial charge in [0.2, 0.25) is 11.8 Å². The monoisotopic (exact) mass is 611 g/mol. The van der Waals surface area contributed by atoms with Gasteiger partial charge in [0.05, 0.1) is 31.9 Å². The van der Waals surface area contributed by atoms with E-state index in [1.807, 2.05) is 27.7 Å². The van der Waals surface area contributed by atoms with E-state index in [9.17, 15) is 18.0 Å². The highest BCUT2D eigenvalue weighted by Crippen LogP contribution is 2.34. The first-order valence-corrected chi connectivity index (χ1v) is 15.2. The third-order valence-electron chi connectivity index (χ3n) is 6.72. The van der Waals surface area contributed by atoms with Gasteiger partial charge in [0, 0.05) is 18.2 Å². The van der Waals surface area contributed by atoms with E-state index in [1.165, 1.54) is 37.3 Å². The lowest BCUT2D eigenvalue weighted by molar-refractivity contribution is -0.140. The highest BCUT2D eigenvalue weighted by atomic mass is 32.2. The fourth-order valence-electron chi connectivity index (χ4n) is 4.33. The molecule has 0 saturated carbocycles. The lowest BCUT2D eigenvalue weighted by atomic mass is 10.1. The van der Waals surface area contributed by atoms with Crippen molar-refractivity contribution in [2.45, 2.75) is 57.6 Å². The lowest BCUT2D eigenvalue weighted by Gasteiger charge is -2.33. The van der Waals surface area contributed by atoms with Gasteiger partial charge in [-0.25, -0.2) is 8.42 Å². The van der Waals surface area contributed by atoms with Gasteiger partial charge in [0.1, 0.15) is 18.3 Å². The fraction of sp³-hybridized carbons (Fsp3) is 0.375. The van der Waals surface area contributed by atoms with Crippen LogP contribution >= 0.6 is 0 Å². The Morgan fingerprint density at radius 1 is 0.860 bits per heavy atom. The zero-order chi connectivity index (χ0) is 31.9. The number of aryl methyl sites for hydroxylation is 1. The number of nitrogens with one attached hydrogen (secondary N) is 1. The van der Waals surface area contributed by atoms with Crippen molar-refractivity contribution >= 4 is 27.5 Å². The van der Waals surface area contributed by atoms with Gasteiger partial charge >= 0.3 is 0 Å². The van der Waals surface area contributed by atoms with E-state index < -0.39 is 34.1 Å². The zero-order valence-corrected chi connectivity index (χ0v) is 26.8. The van der Waals surface area contributed by atoms with E-state index in [0.717, 1.165) is 15.4 Å². The van der Waals surface area contributed by atoms with Crippen molar-refractivity contribution in [2.24, 2.45) is 0 Å². The summed E-state index contributed by atoms with van der Waals surface area (Å²) in [5.74, 6) is 0.402. The van der Waals surface area contributed by atoms with Gasteiger partial charge in [-0.15, -0.1) is 0 Å². The van der Waals surface area contributed by atoms with Crippen LogP contribution in [0.1, 0.15) is 38.8 Å². The summed E-state index contributed by atoms with van der Waals surface area (Å²) in [5.41, 5.74) is 1.28. The highest BCUT2D eigenvalue weighted by Gasteiger charge is 2.33. The molecule has 3 aromatic carbocycles. The Morgan fingerprint density at radius 3 is 2.00 bits per heavy atom. The summed E-state index contributed by atoms with van der Waals surface area (Å²) >= 11 is 0. The van der Waals surface area contributed by atoms with Crippen molar-refractivity contribution < 1.29 is 32.2 Å². The molecule has 1 atom stereocenters. The third-order valence-corrected chi connectivity index (χ3v) is 8.51. The van der Waals surface area contributed by atoms with Gasteiger partial charge in [-0.05, 0) is 76.6 Å². The number of benzene rings is 3. The normalized spacial score (nSPS) is 12.2. The number of nitrogens with zero attached hydrogens (tertiary/aromatic N) is 2. The van der Waals surface area contributed by atoms with Crippen molar-refractivity contribution in [1.82, 2.24) is 10.2 Å². The maximum Gasteiger partial charge on any atom is 0.264 e. The zero-order valence-electron chi connectivity index (χ0n) is 26.0. The van der Waals surface area contributed by atoms with Crippen LogP contribution in [0.3, 0.4) is 0 Å². The first-order chi connectivity index (χ1) is 20.2. The smallest absolute Gasteiger partial charge is 0.264 e. The summed E-state index contributed by atoms with van der Waals surface area (Å²) in [6.07, 6.45) is 0. The quantitative estimate of drug-likeness (QED) is 0.320. The molecule has 0 aliphatic rings. The summed E-state index contributed by atoms with van der Waals surface area (Å²) in [6.45, 7) is 8.51. The molecule has 10 nitrogen and oxygen atoms in total. The van der Waals surface area contributed by atoms with E-state index >= 15 is 0 Å². The molecule has 3 aromatic rings. The molecule has 0 saturated heterocycles. The van der Waals surface area contributed by atoms with Crippen LogP contribution < -0.4 is 23.8 Å². The Hall–Kier alpha value is -4.25. The molecule has 0 bridgehead atoms. The minimum atomic E-state index is -4.23. The van der Waals surface area contributed by atoms with Crippen molar-refractivity contribution in [1.29, 1.82) is 0 Å². The minimum Gasteiger partial charge on any atom is -0.497 e. The molecule has 0 spiro atoms. The topological polar surface area (TPSA) is 114 Å². The lowest BCUT2D eigenvalue weighted by Crippen LogP contribution is -2.54. The number of hydrogen-bond donors (Lipinski definition) is 1. The summed E-state index contributed by atoms with van der Waals surface area (Å²) in [7, 11) is 0.246. The van der Waals surface area contributed by atoms with E-state index in [0.29, 0.717) is 17.2 Å². The molecule has 0 aliphatic carbocycles. The second kappa shape index (κ2) is 13.8. The van der Waals surface area contributed by atoms with Crippen molar-refractivity contribution in [3.8, 4) is 17.2 Å². The van der Waals surface area contributed by atoms with Gasteiger partial charge in [-0.2, -0.15) is 0 Å². The molecule has 2 amide bonds. The van der Waals surface area contributed by atoms with Crippen LogP contribution in [0.4, 0.5) is 5.69 Å². The molecule has 0 aliphatic heterocycles. The Labute approximate surface area is 254 Å². The Bertz CT molecular complexity index is 1520. The molecule has 0 aromatic heterocycles. The SMILES string of the molecule is COc1ccc(CN(C(=O)CN(c2ccc(OC)c(OC)c2)S(=O)(=O)c2ccc(C)cc2)[C@@H](C)C(=O)NC(C)(C)C)cc1. The van der Waals surface area contributed by atoms with Crippen LogP contribution in [0.25, 0.3) is 0 Å². The second-order valence-electron chi connectivity index (χ2n) is 11.1. The van der Waals surface area contributed by atoms with Gasteiger partial charge < -0.3 is 24.4 Å². The molecular formula is C32H41N3O7S. The van der Waals surface area contributed by atoms with Crippen molar-refractivity contribution in [3.63, 3.8) is 0 Å². The van der Waals surface area contributed by atoms with E-state index in [1.54, 1.807) is 62.6 Å². The van der Waals surface area contributed by atoms with Crippen LogP contribution in [-0.2, 0) is 26.2 Å². The number of anilines is 1. The summed E-state index contributed by atoms with van der Waals surface area (Å²) in [4.78, 5) is 28.8. The molecule has 43 heavy (non-hydrogen) atoms. The predicted octanol–water partition coefficient (Wildman–Crippen LogP) is 4.55. The third kappa shape index (κ3) is 8.41. The van der Waals surface area contributed by atoms with Gasteiger partial charge in [0.25, 0.3) is 10.0 Å². The number of rotatable bonds is 12. The number of hydrogen-bond acceptors (Lipinski definition) is 7. The van der Waals surface area contributed by atoms with E-state index in [-0.39, 0.29) is 23.0 Å². The number of carbonyl (C=O) groups is 2. The second-order valence-corrected chi connectivity index (χ2v) is 13.0. The van der Waals surface area contributed by atoms with Crippen molar-refractivity contribution in [3.05, 3.63) is 77.9 Å². The van der Waals surface area contributed by atoms with Crippen LogP contribution in [0, 0.1) is 6.92 Å². The Kier molecular flexibility index (Phi) is 10.7. The summed E-state index contributed by atoms with van der Waals surface area (Å²) < 4.78 is 45.2. The molecule has 0 heterocycles. The first-order valence-electron chi connectivity index (χ1n) is 13.8. The molecular weight excluding hydrogens is 570 g/mol. The van der Waals surface area contributed by atoms with Gasteiger partial charge in [-0.1, -0.05) is 29.8 Å². The molecule has 232 valence electrons. The number of methoxy groups -OCH3 is 3. The highest BCUT2D eigenvalue weighted by molar-refractivity contribution is 7.92. The van der Waals surface area contributed by atoms with Gasteiger partial charge in [0.15, 0.2) is 11.5 Å². The number of sulfonamides is 1. The average molecular weight is 612 g/mol. The maximum atomic E-state index is 14.1. The molecule has 3 rings (SSSR count). The maximum absolute atomic E-state index is 14.1. The molecule has 11 heteroatoms. The molecule has 0 radical (unpaired) electrons.